The zero-order valence-corrected chi connectivity index (χ0v) is 12.4. The SMILES string of the molecule is CN(C)c1cc[n+](CC(=O)Nc2ccccc2[N+](=O)[O-])cc1. The van der Waals surface area contributed by atoms with Crippen molar-refractivity contribution in [1.29, 1.82) is 0 Å². The van der Waals surface area contributed by atoms with Crippen LogP contribution in [0, 0.1) is 10.1 Å². The Hall–Kier alpha value is -2.96. The lowest BCUT2D eigenvalue weighted by Crippen LogP contribution is -2.39. The van der Waals surface area contributed by atoms with Gasteiger partial charge in [0.25, 0.3) is 11.6 Å². The molecule has 0 atom stereocenters. The molecular formula is C15H17N4O3+. The van der Waals surface area contributed by atoms with E-state index >= 15 is 0 Å². The number of aromatic nitrogens is 1. The number of amides is 1. The van der Waals surface area contributed by atoms with Crippen LogP contribution in [0.3, 0.4) is 0 Å². The fourth-order valence-electron chi connectivity index (χ4n) is 1.95. The minimum atomic E-state index is -0.519. The van der Waals surface area contributed by atoms with E-state index in [1.54, 1.807) is 29.1 Å². The fourth-order valence-corrected chi connectivity index (χ4v) is 1.95. The lowest BCUT2D eigenvalue weighted by atomic mass is 10.2. The Morgan fingerprint density at radius 1 is 1.23 bits per heavy atom. The van der Waals surface area contributed by atoms with Gasteiger partial charge >= 0.3 is 0 Å². The van der Waals surface area contributed by atoms with E-state index in [9.17, 15) is 14.9 Å². The molecule has 0 aliphatic carbocycles. The van der Waals surface area contributed by atoms with Gasteiger partial charge in [-0.15, -0.1) is 0 Å². The van der Waals surface area contributed by atoms with Crippen molar-refractivity contribution in [3.8, 4) is 0 Å². The minimum absolute atomic E-state index is 0.0831. The highest BCUT2D eigenvalue weighted by Gasteiger charge is 2.16. The molecule has 0 saturated heterocycles. The van der Waals surface area contributed by atoms with Crippen molar-refractivity contribution in [2.24, 2.45) is 0 Å². The zero-order valence-electron chi connectivity index (χ0n) is 12.4. The molecule has 7 heteroatoms. The first-order valence-corrected chi connectivity index (χ1v) is 6.67. The summed E-state index contributed by atoms with van der Waals surface area (Å²) >= 11 is 0. The van der Waals surface area contributed by atoms with Gasteiger partial charge in [-0.2, -0.15) is 4.57 Å². The number of nitrogens with zero attached hydrogens (tertiary/aromatic N) is 3. The van der Waals surface area contributed by atoms with Crippen LogP contribution in [0.15, 0.2) is 48.8 Å². The highest BCUT2D eigenvalue weighted by Crippen LogP contribution is 2.22. The van der Waals surface area contributed by atoms with E-state index in [4.69, 9.17) is 0 Å². The average Bonchev–Trinajstić information content (AvgIpc) is 2.48. The normalized spacial score (nSPS) is 10.1. The summed E-state index contributed by atoms with van der Waals surface area (Å²) in [5.41, 5.74) is 1.10. The van der Waals surface area contributed by atoms with E-state index in [2.05, 4.69) is 5.32 Å². The molecule has 1 amide bonds. The fraction of sp³-hybridized carbons (Fsp3) is 0.200. The first kappa shape index (κ1) is 15.4. The number of benzene rings is 1. The largest absolute Gasteiger partial charge is 0.377 e. The van der Waals surface area contributed by atoms with Crippen LogP contribution in [0.5, 0.6) is 0 Å². The minimum Gasteiger partial charge on any atom is -0.377 e. The Morgan fingerprint density at radius 2 is 1.86 bits per heavy atom. The molecule has 0 fully saturated rings. The average molecular weight is 301 g/mol. The van der Waals surface area contributed by atoms with Crippen molar-refractivity contribution in [2.45, 2.75) is 6.54 Å². The summed E-state index contributed by atoms with van der Waals surface area (Å²) in [6.07, 6.45) is 3.57. The Bertz CT molecular complexity index is 683. The number of nitro benzene ring substituents is 1. The van der Waals surface area contributed by atoms with Gasteiger partial charge in [-0.1, -0.05) is 12.1 Å². The summed E-state index contributed by atoms with van der Waals surface area (Å²) in [5.74, 6) is -0.322. The van der Waals surface area contributed by atoms with Crippen LogP contribution >= 0.6 is 0 Å². The Labute approximate surface area is 128 Å². The van der Waals surface area contributed by atoms with Gasteiger partial charge in [-0.3, -0.25) is 14.9 Å². The molecule has 114 valence electrons. The monoisotopic (exact) mass is 301 g/mol. The van der Waals surface area contributed by atoms with Crippen LogP contribution in [0.25, 0.3) is 0 Å². The van der Waals surface area contributed by atoms with Crippen LogP contribution in [-0.4, -0.2) is 24.9 Å². The summed E-state index contributed by atoms with van der Waals surface area (Å²) in [6, 6.07) is 9.84. The third-order valence-electron chi connectivity index (χ3n) is 3.09. The van der Waals surface area contributed by atoms with Gasteiger partial charge in [0.2, 0.25) is 6.54 Å². The van der Waals surface area contributed by atoms with Gasteiger partial charge in [0.15, 0.2) is 12.4 Å². The molecule has 1 N–H and O–H groups in total. The maximum absolute atomic E-state index is 12.0. The second kappa shape index (κ2) is 6.66. The molecule has 0 aliphatic heterocycles. The van der Waals surface area contributed by atoms with Crippen molar-refractivity contribution in [2.75, 3.05) is 24.3 Å². The number of pyridine rings is 1. The summed E-state index contributed by atoms with van der Waals surface area (Å²) in [4.78, 5) is 24.4. The predicted molar refractivity (Wildman–Crippen MR) is 82.7 cm³/mol. The van der Waals surface area contributed by atoms with Gasteiger partial charge in [0.1, 0.15) is 5.69 Å². The summed E-state index contributed by atoms with van der Waals surface area (Å²) in [5, 5.41) is 13.5. The number of carbonyl (C=O) groups is 1. The molecule has 1 aromatic heterocycles. The quantitative estimate of drug-likeness (QED) is 0.516. The van der Waals surface area contributed by atoms with Gasteiger partial charge < -0.3 is 10.2 Å². The first-order valence-electron chi connectivity index (χ1n) is 6.67. The lowest BCUT2D eigenvalue weighted by molar-refractivity contribution is -0.684. The Balaban J connectivity index is 2.06. The maximum atomic E-state index is 12.0. The number of anilines is 2. The molecule has 0 radical (unpaired) electrons. The highest BCUT2D eigenvalue weighted by atomic mass is 16.6. The molecule has 0 spiro atoms. The number of nitro groups is 1. The maximum Gasteiger partial charge on any atom is 0.292 e. The van der Waals surface area contributed by atoms with Crippen molar-refractivity contribution in [3.63, 3.8) is 0 Å². The summed E-state index contributed by atoms with van der Waals surface area (Å²) in [6.45, 7) is 0.0831. The van der Waals surface area contributed by atoms with E-state index in [0.717, 1.165) is 5.69 Å². The third kappa shape index (κ3) is 3.78. The summed E-state index contributed by atoms with van der Waals surface area (Å²) < 4.78 is 1.71. The molecule has 7 nitrogen and oxygen atoms in total. The van der Waals surface area contributed by atoms with Crippen molar-refractivity contribution in [1.82, 2.24) is 0 Å². The topological polar surface area (TPSA) is 79.4 Å². The molecule has 2 aromatic rings. The number of hydrogen-bond donors (Lipinski definition) is 1. The van der Waals surface area contributed by atoms with Crippen LogP contribution in [0.4, 0.5) is 17.1 Å². The Morgan fingerprint density at radius 3 is 2.45 bits per heavy atom. The molecule has 0 unspecified atom stereocenters. The molecule has 1 heterocycles. The van der Waals surface area contributed by atoms with E-state index in [1.165, 1.54) is 12.1 Å². The van der Waals surface area contributed by atoms with Crippen LogP contribution in [0.2, 0.25) is 0 Å². The molecule has 0 bridgehead atoms. The molecule has 1 aromatic carbocycles. The second-order valence-corrected chi connectivity index (χ2v) is 4.95. The summed E-state index contributed by atoms with van der Waals surface area (Å²) in [7, 11) is 3.86. The zero-order chi connectivity index (χ0) is 16.1. The molecule has 2 rings (SSSR count). The number of para-hydroxylation sites is 2. The molecule has 22 heavy (non-hydrogen) atoms. The van der Waals surface area contributed by atoms with Crippen molar-refractivity contribution >= 4 is 23.0 Å². The molecule has 0 saturated carbocycles. The Kier molecular flexibility index (Phi) is 4.67. The third-order valence-corrected chi connectivity index (χ3v) is 3.09. The van der Waals surface area contributed by atoms with Crippen LogP contribution in [-0.2, 0) is 11.3 Å². The van der Waals surface area contributed by atoms with Gasteiger partial charge in [-0.25, -0.2) is 0 Å². The van der Waals surface area contributed by atoms with Crippen molar-refractivity contribution in [3.05, 3.63) is 58.9 Å². The van der Waals surface area contributed by atoms with Gasteiger partial charge in [0, 0.05) is 38.0 Å². The number of rotatable bonds is 5. The van der Waals surface area contributed by atoms with E-state index < -0.39 is 4.92 Å². The molecule has 0 aliphatic rings. The second-order valence-electron chi connectivity index (χ2n) is 4.95. The number of nitrogens with one attached hydrogen (secondary N) is 1. The van der Waals surface area contributed by atoms with Crippen molar-refractivity contribution < 1.29 is 14.3 Å². The number of carbonyl (C=O) groups excluding carboxylic acids is 1. The smallest absolute Gasteiger partial charge is 0.292 e. The molecular weight excluding hydrogens is 284 g/mol. The van der Waals surface area contributed by atoms with Gasteiger partial charge in [0.05, 0.1) is 4.92 Å². The van der Waals surface area contributed by atoms with Gasteiger partial charge in [-0.05, 0) is 6.07 Å². The van der Waals surface area contributed by atoms with E-state index in [0.29, 0.717) is 0 Å². The predicted octanol–water partition coefficient (Wildman–Crippen LogP) is 1.59. The number of hydrogen-bond acceptors (Lipinski definition) is 4. The standard InChI is InChI=1S/C15H16N4O3/c1-17(2)12-7-9-18(10-8-12)11-15(20)16-13-5-3-4-6-14(13)19(21)22/h3-10H,11H2,1-2H3/p+1. The van der Waals surface area contributed by atoms with Crippen LogP contribution in [0.1, 0.15) is 0 Å². The highest BCUT2D eigenvalue weighted by molar-refractivity contribution is 5.92. The van der Waals surface area contributed by atoms with E-state index in [1.807, 2.05) is 31.1 Å². The first-order chi connectivity index (χ1) is 10.5. The lowest BCUT2D eigenvalue weighted by Gasteiger charge is -2.10. The van der Waals surface area contributed by atoms with Crippen LogP contribution < -0.4 is 14.8 Å². The van der Waals surface area contributed by atoms with E-state index in [-0.39, 0.29) is 23.8 Å².